The number of anilines is 2. The van der Waals surface area contributed by atoms with Crippen molar-refractivity contribution < 1.29 is 28.2 Å². The van der Waals surface area contributed by atoms with E-state index in [1.54, 1.807) is 23.1 Å². The second-order valence-electron chi connectivity index (χ2n) is 7.20. The molecule has 1 saturated heterocycles. The Morgan fingerprint density at radius 2 is 1.93 bits per heavy atom. The van der Waals surface area contributed by atoms with Crippen molar-refractivity contribution >= 4 is 29.1 Å². The molecule has 0 atom stereocenters. The SMILES string of the molecule is O=C1Nc2cccc(OCC3(O)CCN(c4c(F)cc(Cl)cc4F)CC3)c2CO1. The Kier molecular flexibility index (Phi) is 5.23. The number of aliphatic hydroxyl groups is 1. The molecular formula is C20H19ClF2N2O4. The number of hydrogen-bond acceptors (Lipinski definition) is 5. The zero-order valence-electron chi connectivity index (χ0n) is 15.4. The minimum Gasteiger partial charge on any atom is -0.490 e. The lowest BCUT2D eigenvalue weighted by molar-refractivity contribution is -0.0247. The van der Waals surface area contributed by atoms with Gasteiger partial charge in [0.25, 0.3) is 0 Å². The summed E-state index contributed by atoms with van der Waals surface area (Å²) in [5.41, 5.74) is 0.0206. The number of amides is 1. The number of rotatable bonds is 4. The second kappa shape index (κ2) is 7.68. The van der Waals surface area contributed by atoms with Gasteiger partial charge in [0.1, 0.15) is 30.3 Å². The molecule has 2 heterocycles. The van der Waals surface area contributed by atoms with E-state index in [1.165, 1.54) is 0 Å². The summed E-state index contributed by atoms with van der Waals surface area (Å²) in [4.78, 5) is 12.9. The summed E-state index contributed by atoms with van der Waals surface area (Å²) < 4.78 is 39.1. The Labute approximate surface area is 171 Å². The van der Waals surface area contributed by atoms with E-state index >= 15 is 0 Å². The first-order valence-electron chi connectivity index (χ1n) is 9.15. The number of ether oxygens (including phenoxy) is 2. The fourth-order valence-electron chi connectivity index (χ4n) is 3.59. The van der Waals surface area contributed by atoms with E-state index in [4.69, 9.17) is 21.1 Å². The van der Waals surface area contributed by atoms with Gasteiger partial charge >= 0.3 is 6.09 Å². The largest absolute Gasteiger partial charge is 0.490 e. The first-order chi connectivity index (χ1) is 13.8. The Morgan fingerprint density at radius 3 is 2.62 bits per heavy atom. The predicted octanol–water partition coefficient (Wildman–Crippen LogP) is 4.09. The molecule has 2 aromatic carbocycles. The van der Waals surface area contributed by atoms with Crippen LogP contribution in [0.1, 0.15) is 18.4 Å². The molecule has 0 spiro atoms. The van der Waals surface area contributed by atoms with Gasteiger partial charge in [-0.2, -0.15) is 0 Å². The number of carbonyl (C=O) groups excluding carboxylic acids is 1. The van der Waals surface area contributed by atoms with E-state index in [-0.39, 0.29) is 49.9 Å². The lowest BCUT2D eigenvalue weighted by Gasteiger charge is -2.39. The molecular weight excluding hydrogens is 406 g/mol. The van der Waals surface area contributed by atoms with Crippen LogP contribution >= 0.6 is 11.6 Å². The van der Waals surface area contributed by atoms with E-state index in [0.717, 1.165) is 12.1 Å². The van der Waals surface area contributed by atoms with Gasteiger partial charge in [-0.15, -0.1) is 0 Å². The second-order valence-corrected chi connectivity index (χ2v) is 7.64. The van der Waals surface area contributed by atoms with Crippen LogP contribution in [0.3, 0.4) is 0 Å². The fourth-order valence-corrected chi connectivity index (χ4v) is 3.78. The number of fused-ring (bicyclic) bond motifs is 1. The smallest absolute Gasteiger partial charge is 0.411 e. The number of hydrogen-bond donors (Lipinski definition) is 2. The first-order valence-corrected chi connectivity index (χ1v) is 9.53. The highest BCUT2D eigenvalue weighted by atomic mass is 35.5. The number of cyclic esters (lactones) is 1. The molecule has 0 unspecified atom stereocenters. The molecule has 0 saturated carbocycles. The topological polar surface area (TPSA) is 71.0 Å². The molecule has 154 valence electrons. The van der Waals surface area contributed by atoms with Crippen LogP contribution < -0.4 is 15.0 Å². The predicted molar refractivity (Wildman–Crippen MR) is 104 cm³/mol. The van der Waals surface area contributed by atoms with Crippen LogP contribution in [0, 0.1) is 11.6 Å². The van der Waals surface area contributed by atoms with E-state index in [0.29, 0.717) is 17.0 Å². The van der Waals surface area contributed by atoms with Crippen molar-refractivity contribution in [2.45, 2.75) is 25.0 Å². The molecule has 9 heteroatoms. The average Bonchev–Trinajstić information content (AvgIpc) is 2.67. The van der Waals surface area contributed by atoms with Gasteiger partial charge in [0, 0.05) is 18.1 Å². The zero-order chi connectivity index (χ0) is 20.6. The molecule has 0 aliphatic carbocycles. The van der Waals surface area contributed by atoms with Crippen LogP contribution in [0.4, 0.5) is 25.0 Å². The van der Waals surface area contributed by atoms with Crippen molar-refractivity contribution in [2.24, 2.45) is 0 Å². The molecule has 1 amide bonds. The third kappa shape index (κ3) is 4.09. The number of nitrogens with zero attached hydrogens (tertiary/aromatic N) is 1. The highest BCUT2D eigenvalue weighted by Crippen LogP contribution is 2.34. The van der Waals surface area contributed by atoms with Crippen molar-refractivity contribution in [1.82, 2.24) is 0 Å². The standard InChI is InChI=1S/C20H19ClF2N2O4/c21-12-8-14(22)18(15(23)9-12)25-6-4-20(27,5-7-25)11-29-17-3-1-2-16-13(17)10-28-19(26)24-16/h1-3,8-9,27H,4-7,10-11H2,(H,24,26). The maximum atomic E-state index is 14.2. The number of benzene rings is 2. The normalized spacial score (nSPS) is 17.9. The number of halogens is 3. The van der Waals surface area contributed by atoms with Gasteiger partial charge in [0.05, 0.1) is 11.3 Å². The van der Waals surface area contributed by atoms with Crippen molar-refractivity contribution in [3.05, 3.63) is 52.6 Å². The third-order valence-corrected chi connectivity index (χ3v) is 5.42. The van der Waals surface area contributed by atoms with Gasteiger partial charge in [-0.1, -0.05) is 17.7 Å². The Morgan fingerprint density at radius 1 is 1.24 bits per heavy atom. The van der Waals surface area contributed by atoms with Crippen LogP contribution in [0.2, 0.25) is 5.02 Å². The quantitative estimate of drug-likeness (QED) is 0.773. The van der Waals surface area contributed by atoms with Crippen LogP contribution in [-0.2, 0) is 11.3 Å². The number of carbonyl (C=O) groups is 1. The lowest BCUT2D eigenvalue weighted by Crippen LogP contribution is -2.48. The highest BCUT2D eigenvalue weighted by Gasteiger charge is 2.35. The van der Waals surface area contributed by atoms with Crippen LogP contribution in [0.15, 0.2) is 30.3 Å². The number of nitrogens with one attached hydrogen (secondary N) is 1. The first kappa shape index (κ1) is 19.7. The van der Waals surface area contributed by atoms with E-state index < -0.39 is 23.3 Å². The van der Waals surface area contributed by atoms with Gasteiger partial charge in [0.2, 0.25) is 0 Å². The maximum absolute atomic E-state index is 14.2. The maximum Gasteiger partial charge on any atom is 0.411 e. The van der Waals surface area contributed by atoms with E-state index in [1.807, 2.05) is 0 Å². The Bertz CT molecular complexity index is 925. The number of piperidine rings is 1. The van der Waals surface area contributed by atoms with Crippen LogP contribution in [0.25, 0.3) is 0 Å². The Hall–Kier alpha value is -2.58. The summed E-state index contributed by atoms with van der Waals surface area (Å²) in [5.74, 6) is -0.947. The molecule has 2 N–H and O–H groups in total. The summed E-state index contributed by atoms with van der Waals surface area (Å²) in [7, 11) is 0. The fraction of sp³-hybridized carbons (Fsp3) is 0.350. The van der Waals surface area contributed by atoms with Crippen molar-refractivity contribution in [3.8, 4) is 5.75 Å². The molecule has 29 heavy (non-hydrogen) atoms. The van der Waals surface area contributed by atoms with E-state index in [9.17, 15) is 18.7 Å². The summed E-state index contributed by atoms with van der Waals surface area (Å²) in [6.07, 6.45) is 0.0235. The molecule has 4 rings (SSSR count). The molecule has 0 aromatic heterocycles. The molecule has 1 fully saturated rings. The third-order valence-electron chi connectivity index (χ3n) is 5.21. The summed E-state index contributed by atoms with van der Waals surface area (Å²) in [6.45, 7) is 0.623. The van der Waals surface area contributed by atoms with Crippen LogP contribution in [-0.4, -0.2) is 36.5 Å². The monoisotopic (exact) mass is 424 g/mol. The summed E-state index contributed by atoms with van der Waals surface area (Å²) in [5, 5.41) is 13.5. The van der Waals surface area contributed by atoms with Gasteiger partial charge in [0.15, 0.2) is 11.6 Å². The van der Waals surface area contributed by atoms with Gasteiger partial charge in [-0.25, -0.2) is 13.6 Å². The summed E-state index contributed by atoms with van der Waals surface area (Å²) >= 11 is 5.68. The van der Waals surface area contributed by atoms with Crippen molar-refractivity contribution in [3.63, 3.8) is 0 Å². The minimum atomic E-state index is -1.14. The van der Waals surface area contributed by atoms with Gasteiger partial charge in [-0.3, -0.25) is 5.32 Å². The van der Waals surface area contributed by atoms with Gasteiger partial charge < -0.3 is 19.5 Å². The van der Waals surface area contributed by atoms with Crippen LogP contribution in [0.5, 0.6) is 5.75 Å². The van der Waals surface area contributed by atoms with Gasteiger partial charge in [-0.05, 0) is 37.1 Å². The van der Waals surface area contributed by atoms with Crippen molar-refractivity contribution in [2.75, 3.05) is 29.9 Å². The Balaban J connectivity index is 1.41. The highest BCUT2D eigenvalue weighted by molar-refractivity contribution is 6.30. The lowest BCUT2D eigenvalue weighted by atomic mass is 9.92. The summed E-state index contributed by atoms with van der Waals surface area (Å²) in [6, 6.07) is 7.35. The molecule has 2 aromatic rings. The molecule has 0 radical (unpaired) electrons. The molecule has 2 aliphatic rings. The average molecular weight is 425 g/mol. The van der Waals surface area contributed by atoms with Crippen molar-refractivity contribution in [1.29, 1.82) is 0 Å². The molecule has 2 aliphatic heterocycles. The molecule has 0 bridgehead atoms. The minimum absolute atomic E-state index is 0.00275. The zero-order valence-corrected chi connectivity index (χ0v) is 16.1. The molecule has 6 nitrogen and oxygen atoms in total. The van der Waals surface area contributed by atoms with E-state index in [2.05, 4.69) is 5.32 Å².